The molecule has 1 unspecified atom stereocenters. The van der Waals surface area contributed by atoms with Crippen LogP contribution in [0.1, 0.15) is 24.9 Å². The maximum absolute atomic E-state index is 5.90. The van der Waals surface area contributed by atoms with Gasteiger partial charge in [0, 0.05) is 17.4 Å². The van der Waals surface area contributed by atoms with Crippen LogP contribution in [0.3, 0.4) is 0 Å². The van der Waals surface area contributed by atoms with Gasteiger partial charge in [0.25, 0.3) is 0 Å². The number of pyridine rings is 1. The largest absolute Gasteiger partial charge is 0.496 e. The quantitative estimate of drug-likeness (QED) is 0.827. The summed E-state index contributed by atoms with van der Waals surface area (Å²) in [5.41, 5.74) is 2.10. The van der Waals surface area contributed by atoms with Crippen LogP contribution in [0.4, 0.5) is 5.69 Å². The van der Waals surface area contributed by atoms with Gasteiger partial charge in [-0.15, -0.1) is 0 Å². The van der Waals surface area contributed by atoms with E-state index < -0.39 is 0 Å². The van der Waals surface area contributed by atoms with Crippen LogP contribution < -0.4 is 10.1 Å². The first kappa shape index (κ1) is 13.7. The molecular weight excluding hydrogens is 260 g/mol. The van der Waals surface area contributed by atoms with E-state index in [2.05, 4.69) is 23.3 Å². The van der Waals surface area contributed by atoms with Crippen molar-refractivity contribution in [3.63, 3.8) is 0 Å². The van der Waals surface area contributed by atoms with Gasteiger partial charge < -0.3 is 10.1 Å². The maximum Gasteiger partial charge on any atom is 0.131 e. The molecule has 0 aliphatic heterocycles. The molecule has 19 heavy (non-hydrogen) atoms. The molecule has 0 amide bonds. The highest BCUT2D eigenvalue weighted by Gasteiger charge is 2.13. The van der Waals surface area contributed by atoms with Crippen LogP contribution in [0.2, 0.25) is 5.15 Å². The summed E-state index contributed by atoms with van der Waals surface area (Å²) < 4.78 is 5.41. The summed E-state index contributed by atoms with van der Waals surface area (Å²) in [5.74, 6) is 0.891. The monoisotopic (exact) mass is 276 g/mol. The van der Waals surface area contributed by atoms with Crippen molar-refractivity contribution >= 4 is 17.3 Å². The van der Waals surface area contributed by atoms with Crippen molar-refractivity contribution in [1.82, 2.24) is 4.98 Å². The average molecular weight is 277 g/mol. The number of ether oxygens (including phenoxy) is 1. The molecule has 100 valence electrons. The number of benzene rings is 1. The minimum Gasteiger partial charge on any atom is -0.496 e. The van der Waals surface area contributed by atoms with E-state index >= 15 is 0 Å². The third kappa shape index (κ3) is 3.38. The molecular formula is C15H17ClN2O. The van der Waals surface area contributed by atoms with E-state index in [0.29, 0.717) is 5.15 Å². The Morgan fingerprint density at radius 3 is 2.79 bits per heavy atom. The summed E-state index contributed by atoms with van der Waals surface area (Å²) in [6.07, 6.45) is 2.64. The topological polar surface area (TPSA) is 34.2 Å². The van der Waals surface area contributed by atoms with Crippen molar-refractivity contribution < 1.29 is 4.74 Å². The molecule has 4 heteroatoms. The number of hydrogen-bond donors (Lipinski definition) is 1. The summed E-state index contributed by atoms with van der Waals surface area (Å²) in [7, 11) is 1.69. The molecule has 1 aromatic heterocycles. The zero-order chi connectivity index (χ0) is 13.7. The second-order valence-electron chi connectivity index (χ2n) is 4.21. The molecule has 0 bridgehead atoms. The Balaban J connectivity index is 2.25. The Bertz CT molecular complexity index is 545. The number of para-hydroxylation sites is 1. The lowest BCUT2D eigenvalue weighted by Gasteiger charge is -2.21. The normalized spacial score (nSPS) is 11.9. The van der Waals surface area contributed by atoms with Crippen molar-refractivity contribution in [1.29, 1.82) is 0 Å². The van der Waals surface area contributed by atoms with E-state index in [-0.39, 0.29) is 6.04 Å². The first-order valence-electron chi connectivity index (χ1n) is 6.25. The Morgan fingerprint density at radius 2 is 2.11 bits per heavy atom. The Labute approximate surface area is 118 Å². The third-order valence-electron chi connectivity index (χ3n) is 2.99. The summed E-state index contributed by atoms with van der Waals surface area (Å²) >= 11 is 5.90. The predicted molar refractivity (Wildman–Crippen MR) is 78.9 cm³/mol. The summed E-state index contributed by atoms with van der Waals surface area (Å²) in [4.78, 5) is 3.98. The second-order valence-corrected chi connectivity index (χ2v) is 4.60. The molecule has 0 saturated carbocycles. The van der Waals surface area contributed by atoms with Gasteiger partial charge in [0.05, 0.1) is 13.2 Å². The lowest BCUT2D eigenvalue weighted by molar-refractivity contribution is 0.406. The lowest BCUT2D eigenvalue weighted by atomic mass is 10.0. The standard InChI is InChI=1S/C15H17ClN2O/c1-3-13(12-6-4-5-7-14(12)19-2)18-11-8-9-17-15(16)10-11/h4-10,13H,3H2,1-2H3,(H,17,18). The molecule has 0 aliphatic rings. The van der Waals surface area contributed by atoms with Crippen molar-refractivity contribution in [2.45, 2.75) is 19.4 Å². The maximum atomic E-state index is 5.90. The number of hydrogen-bond acceptors (Lipinski definition) is 3. The molecule has 0 aliphatic carbocycles. The highest BCUT2D eigenvalue weighted by molar-refractivity contribution is 6.29. The number of anilines is 1. The summed E-state index contributed by atoms with van der Waals surface area (Å²) in [6, 6.07) is 11.9. The van der Waals surface area contributed by atoms with Gasteiger partial charge in [-0.2, -0.15) is 0 Å². The molecule has 0 fully saturated rings. The van der Waals surface area contributed by atoms with Crippen molar-refractivity contribution in [3.8, 4) is 5.75 Å². The SMILES string of the molecule is CCC(Nc1ccnc(Cl)c1)c1ccccc1OC. The van der Waals surface area contributed by atoms with E-state index in [1.807, 2.05) is 30.3 Å². The van der Waals surface area contributed by atoms with Crippen LogP contribution in [0, 0.1) is 0 Å². The van der Waals surface area contributed by atoms with Gasteiger partial charge in [-0.1, -0.05) is 36.7 Å². The number of halogens is 1. The Kier molecular flexibility index (Phi) is 4.63. The molecule has 0 saturated heterocycles. The van der Waals surface area contributed by atoms with Gasteiger partial charge in [-0.25, -0.2) is 4.98 Å². The minimum absolute atomic E-state index is 0.176. The van der Waals surface area contributed by atoms with E-state index in [1.165, 1.54) is 0 Å². The first-order chi connectivity index (χ1) is 9.24. The smallest absolute Gasteiger partial charge is 0.131 e. The lowest BCUT2D eigenvalue weighted by Crippen LogP contribution is -2.11. The average Bonchev–Trinajstić information content (AvgIpc) is 2.45. The number of nitrogens with zero attached hydrogens (tertiary/aromatic N) is 1. The van der Waals surface area contributed by atoms with Gasteiger partial charge in [-0.05, 0) is 24.6 Å². The van der Waals surface area contributed by atoms with Gasteiger partial charge in [0.15, 0.2) is 0 Å². The zero-order valence-corrected chi connectivity index (χ0v) is 11.8. The summed E-state index contributed by atoms with van der Waals surface area (Å²) in [6.45, 7) is 2.13. The van der Waals surface area contributed by atoms with E-state index in [1.54, 1.807) is 13.3 Å². The number of methoxy groups -OCH3 is 1. The Hall–Kier alpha value is -1.74. The summed E-state index contributed by atoms with van der Waals surface area (Å²) in [5, 5.41) is 3.94. The molecule has 3 nitrogen and oxygen atoms in total. The van der Waals surface area contributed by atoms with Crippen molar-refractivity contribution in [2.24, 2.45) is 0 Å². The van der Waals surface area contributed by atoms with Crippen LogP contribution in [-0.2, 0) is 0 Å². The van der Waals surface area contributed by atoms with Crippen LogP contribution in [0.25, 0.3) is 0 Å². The molecule has 2 rings (SSSR count). The number of nitrogens with one attached hydrogen (secondary N) is 1. The molecule has 1 N–H and O–H groups in total. The highest BCUT2D eigenvalue weighted by Crippen LogP contribution is 2.30. The highest BCUT2D eigenvalue weighted by atomic mass is 35.5. The molecule has 1 atom stereocenters. The fraction of sp³-hybridized carbons (Fsp3) is 0.267. The Morgan fingerprint density at radius 1 is 1.32 bits per heavy atom. The third-order valence-corrected chi connectivity index (χ3v) is 3.20. The zero-order valence-electron chi connectivity index (χ0n) is 11.1. The van der Waals surface area contributed by atoms with E-state index in [9.17, 15) is 0 Å². The fourth-order valence-corrected chi connectivity index (χ4v) is 2.22. The second kappa shape index (κ2) is 6.43. The van der Waals surface area contributed by atoms with E-state index in [4.69, 9.17) is 16.3 Å². The molecule has 1 heterocycles. The van der Waals surface area contributed by atoms with Crippen LogP contribution >= 0.6 is 11.6 Å². The van der Waals surface area contributed by atoms with Gasteiger partial charge >= 0.3 is 0 Å². The van der Waals surface area contributed by atoms with Gasteiger partial charge in [0.1, 0.15) is 10.9 Å². The first-order valence-corrected chi connectivity index (χ1v) is 6.63. The van der Waals surface area contributed by atoms with Crippen molar-refractivity contribution in [3.05, 3.63) is 53.3 Å². The van der Waals surface area contributed by atoms with Crippen LogP contribution in [0.5, 0.6) is 5.75 Å². The van der Waals surface area contributed by atoms with Crippen LogP contribution in [-0.4, -0.2) is 12.1 Å². The van der Waals surface area contributed by atoms with Crippen LogP contribution in [0.15, 0.2) is 42.6 Å². The number of aromatic nitrogens is 1. The molecule has 0 radical (unpaired) electrons. The molecule has 2 aromatic rings. The van der Waals surface area contributed by atoms with Crippen molar-refractivity contribution in [2.75, 3.05) is 12.4 Å². The van der Waals surface area contributed by atoms with Gasteiger partial charge in [-0.3, -0.25) is 0 Å². The minimum atomic E-state index is 0.176. The molecule has 0 spiro atoms. The molecule has 1 aromatic carbocycles. The fourth-order valence-electron chi connectivity index (χ4n) is 2.05. The number of rotatable bonds is 5. The van der Waals surface area contributed by atoms with E-state index in [0.717, 1.165) is 23.4 Å². The van der Waals surface area contributed by atoms with Gasteiger partial charge in [0.2, 0.25) is 0 Å². The predicted octanol–water partition coefficient (Wildman–Crippen LogP) is 4.31.